The third-order valence-corrected chi connectivity index (χ3v) is 9.97. The summed E-state index contributed by atoms with van der Waals surface area (Å²) in [7, 11) is -4.01. The van der Waals surface area contributed by atoms with Crippen LogP contribution in [0.5, 0.6) is 0 Å². The number of nitrogens with zero attached hydrogens (tertiary/aromatic N) is 1. The number of rotatable bonds is 8. The summed E-state index contributed by atoms with van der Waals surface area (Å²) in [6.07, 6.45) is 5.88. The second-order valence-corrected chi connectivity index (χ2v) is 13.2. The normalized spacial score (nSPS) is 22.8. The summed E-state index contributed by atoms with van der Waals surface area (Å²) in [4.78, 5) is 0. The van der Waals surface area contributed by atoms with Crippen LogP contribution in [-0.4, -0.2) is 23.3 Å². The first-order chi connectivity index (χ1) is 18.0. The fraction of sp³-hybridized carbons (Fsp3) is 0.333. The zero-order valence-corrected chi connectivity index (χ0v) is 22.8. The first kappa shape index (κ1) is 27.1. The highest BCUT2D eigenvalue weighted by molar-refractivity contribution is 7.92. The summed E-state index contributed by atoms with van der Waals surface area (Å²) >= 11 is 11.0. The van der Waals surface area contributed by atoms with Crippen LogP contribution in [0.25, 0.3) is 0 Å². The van der Waals surface area contributed by atoms with Gasteiger partial charge in [-0.15, -0.1) is 0 Å². The van der Waals surface area contributed by atoms with Crippen LogP contribution < -0.4 is 15.2 Å². The zero-order valence-electron chi connectivity index (χ0n) is 20.5. The van der Waals surface area contributed by atoms with Gasteiger partial charge in [0.25, 0.3) is 0 Å². The number of aryl methyl sites for hydroxylation is 1. The van der Waals surface area contributed by atoms with Crippen molar-refractivity contribution in [1.82, 2.24) is 10.1 Å². The quantitative estimate of drug-likeness (QED) is 0.366. The van der Waals surface area contributed by atoms with Crippen molar-refractivity contribution in [3.63, 3.8) is 0 Å². The molecule has 0 unspecified atom stereocenters. The molecule has 5 rings (SSSR count). The number of fused-ring (bicyclic) bond motifs is 1. The summed E-state index contributed by atoms with van der Waals surface area (Å²) in [5.41, 5.74) is 7.73. The highest BCUT2D eigenvalue weighted by Gasteiger charge is 2.45. The van der Waals surface area contributed by atoms with Crippen molar-refractivity contribution in [2.24, 2.45) is 5.92 Å². The molecular weight excluding hydrogens is 555 g/mol. The van der Waals surface area contributed by atoms with E-state index < -0.39 is 25.6 Å². The van der Waals surface area contributed by atoms with E-state index in [4.69, 9.17) is 23.2 Å². The number of anilines is 1. The molecule has 0 radical (unpaired) electrons. The Morgan fingerprint density at radius 2 is 1.95 bits per heavy atom. The molecule has 2 aromatic rings. The molecule has 38 heavy (non-hydrogen) atoms. The van der Waals surface area contributed by atoms with Gasteiger partial charge in [0, 0.05) is 29.8 Å². The molecule has 0 fully saturated rings. The Morgan fingerprint density at radius 1 is 1.21 bits per heavy atom. The van der Waals surface area contributed by atoms with Crippen molar-refractivity contribution in [3.8, 4) is 0 Å². The maximum atomic E-state index is 14.7. The second kappa shape index (κ2) is 10.3. The van der Waals surface area contributed by atoms with E-state index in [0.717, 1.165) is 28.1 Å². The smallest absolute Gasteiger partial charge is 0.243 e. The number of alkyl halides is 2. The van der Waals surface area contributed by atoms with E-state index in [2.05, 4.69) is 23.1 Å². The van der Waals surface area contributed by atoms with E-state index in [1.54, 1.807) is 24.3 Å². The SMILES string of the molecule is C[C@H]1C2=CNN(c3ccc(F)cc3)C2=CC2=C1[C@](O)(CCc1cccc(F)c1CNS(=O)(=O)C(Cl)Cl)CC2. The molecule has 2 atom stereocenters. The predicted octanol–water partition coefficient (Wildman–Crippen LogP) is 5.34. The highest BCUT2D eigenvalue weighted by atomic mass is 35.5. The van der Waals surface area contributed by atoms with Crippen molar-refractivity contribution < 1.29 is 22.3 Å². The summed E-state index contributed by atoms with van der Waals surface area (Å²) < 4.78 is 52.6. The molecule has 3 N–H and O–H groups in total. The van der Waals surface area contributed by atoms with E-state index >= 15 is 0 Å². The van der Waals surface area contributed by atoms with Gasteiger partial charge in [0.1, 0.15) is 11.6 Å². The molecule has 0 spiro atoms. The molecule has 1 heterocycles. The Kier molecular flexibility index (Phi) is 7.34. The maximum Gasteiger partial charge on any atom is 0.243 e. The Bertz CT molecular complexity index is 1460. The minimum Gasteiger partial charge on any atom is -0.385 e. The van der Waals surface area contributed by atoms with E-state index in [9.17, 15) is 22.3 Å². The Morgan fingerprint density at radius 3 is 2.66 bits per heavy atom. The van der Waals surface area contributed by atoms with Crippen molar-refractivity contribution >= 4 is 38.9 Å². The van der Waals surface area contributed by atoms with Crippen LogP contribution >= 0.6 is 23.2 Å². The lowest BCUT2D eigenvalue weighted by atomic mass is 9.76. The van der Waals surface area contributed by atoms with Gasteiger partial charge < -0.3 is 10.5 Å². The van der Waals surface area contributed by atoms with Crippen molar-refractivity contribution in [2.75, 3.05) is 5.01 Å². The Labute approximate surface area is 230 Å². The third kappa shape index (κ3) is 4.98. The van der Waals surface area contributed by atoms with E-state index in [0.29, 0.717) is 31.2 Å². The molecular formula is C27H27Cl2F2N3O3S. The highest BCUT2D eigenvalue weighted by Crippen LogP contribution is 2.51. The third-order valence-electron chi connectivity index (χ3n) is 7.54. The van der Waals surface area contributed by atoms with Crippen LogP contribution in [0, 0.1) is 17.6 Å². The van der Waals surface area contributed by atoms with Gasteiger partial charge in [0.15, 0.2) is 0 Å². The average Bonchev–Trinajstić information content (AvgIpc) is 3.45. The van der Waals surface area contributed by atoms with Gasteiger partial charge in [-0.3, -0.25) is 5.01 Å². The van der Waals surface area contributed by atoms with Crippen LogP contribution in [0.15, 0.2) is 77.2 Å². The van der Waals surface area contributed by atoms with Gasteiger partial charge in [0.2, 0.25) is 14.2 Å². The number of sulfonamides is 1. The lowest BCUT2D eigenvalue weighted by Crippen LogP contribution is -2.35. The molecule has 3 aliphatic rings. The zero-order chi connectivity index (χ0) is 27.2. The first-order valence-electron chi connectivity index (χ1n) is 12.2. The molecule has 6 nitrogen and oxygen atoms in total. The van der Waals surface area contributed by atoms with Gasteiger partial charge in [-0.05, 0) is 78.8 Å². The standard InChI is InChI=1S/C27H27Cl2F2N3O3S/c1-16-21-14-32-34(20-7-5-19(30)6-8-20)24(21)13-18-10-12-27(35,25(16)18)11-9-17-3-2-4-23(31)22(17)15-33-38(36,37)26(28)29/h2-8,13-14,16,26,32-33,35H,9-12,15H2,1H3/t16-,27-/m0/s1. The molecule has 0 bridgehead atoms. The summed E-state index contributed by atoms with van der Waals surface area (Å²) in [6, 6.07) is 10.8. The topological polar surface area (TPSA) is 81.7 Å². The number of allylic oxidation sites excluding steroid dienone is 3. The van der Waals surface area contributed by atoms with Crippen molar-refractivity contribution in [2.45, 2.75) is 48.9 Å². The number of hydrogen-bond donors (Lipinski definition) is 3. The van der Waals surface area contributed by atoms with Gasteiger partial charge >= 0.3 is 0 Å². The van der Waals surface area contributed by atoms with Crippen LogP contribution in [-0.2, 0) is 23.0 Å². The van der Waals surface area contributed by atoms with Crippen molar-refractivity contribution in [1.29, 1.82) is 0 Å². The van der Waals surface area contributed by atoms with Crippen molar-refractivity contribution in [3.05, 3.63) is 99.9 Å². The number of nitrogens with one attached hydrogen (secondary N) is 2. The van der Waals surface area contributed by atoms with Gasteiger partial charge in [-0.2, -0.15) is 0 Å². The monoisotopic (exact) mass is 581 g/mol. The summed E-state index contributed by atoms with van der Waals surface area (Å²) in [5, 5.41) is 13.7. The number of benzene rings is 2. The van der Waals surface area contributed by atoms with Gasteiger partial charge in [-0.25, -0.2) is 21.9 Å². The Hall–Kier alpha value is -2.43. The first-order valence-corrected chi connectivity index (χ1v) is 14.6. The molecule has 0 saturated heterocycles. The number of halogens is 4. The molecule has 1 aliphatic heterocycles. The molecule has 202 valence electrons. The van der Waals surface area contributed by atoms with E-state index in [-0.39, 0.29) is 23.8 Å². The summed E-state index contributed by atoms with van der Waals surface area (Å²) in [6.45, 7) is 1.75. The molecule has 0 aromatic heterocycles. The van der Waals surface area contributed by atoms with Crippen LogP contribution in [0.3, 0.4) is 0 Å². The number of aliphatic hydroxyl groups is 1. The summed E-state index contributed by atoms with van der Waals surface area (Å²) in [5.74, 6) is -0.927. The largest absolute Gasteiger partial charge is 0.385 e. The van der Waals surface area contributed by atoms with Crippen LogP contribution in [0.2, 0.25) is 0 Å². The maximum absolute atomic E-state index is 14.7. The fourth-order valence-corrected chi connectivity index (χ4v) is 6.49. The number of hydrogen-bond acceptors (Lipinski definition) is 5. The van der Waals surface area contributed by atoms with Gasteiger partial charge in [0.05, 0.1) is 17.0 Å². The lowest BCUT2D eigenvalue weighted by molar-refractivity contribution is 0.0633. The van der Waals surface area contributed by atoms with Crippen LogP contribution in [0.4, 0.5) is 14.5 Å². The fourth-order valence-electron chi connectivity index (χ4n) is 5.64. The number of hydrazine groups is 1. The molecule has 0 saturated carbocycles. The van der Waals surface area contributed by atoms with E-state index in [1.165, 1.54) is 18.2 Å². The lowest BCUT2D eigenvalue weighted by Gasteiger charge is -2.34. The molecule has 2 aliphatic carbocycles. The predicted molar refractivity (Wildman–Crippen MR) is 145 cm³/mol. The minimum atomic E-state index is -4.01. The molecule has 11 heteroatoms. The van der Waals surface area contributed by atoms with Gasteiger partial charge in [-0.1, -0.05) is 42.3 Å². The minimum absolute atomic E-state index is 0.0707. The Balaban J connectivity index is 1.38. The molecule has 0 amide bonds. The average molecular weight is 582 g/mol. The molecule has 2 aromatic carbocycles. The van der Waals surface area contributed by atoms with Crippen LogP contribution in [0.1, 0.15) is 37.3 Å². The van der Waals surface area contributed by atoms with E-state index in [1.807, 2.05) is 11.2 Å². The second-order valence-electron chi connectivity index (χ2n) is 9.77.